The third kappa shape index (κ3) is 4.59. The average molecular weight is 288 g/mol. The summed E-state index contributed by atoms with van der Waals surface area (Å²) in [6, 6.07) is 7.60. The first-order valence-corrected chi connectivity index (χ1v) is 7.70. The number of nitrogens with one attached hydrogen (secondary N) is 2. The maximum atomic E-state index is 12.0. The van der Waals surface area contributed by atoms with Crippen LogP contribution in [-0.4, -0.2) is 24.4 Å². The molecular formula is C17H24N2O2. The van der Waals surface area contributed by atoms with Crippen molar-refractivity contribution in [1.82, 2.24) is 10.6 Å². The number of hydrogen-bond donors (Lipinski definition) is 2. The van der Waals surface area contributed by atoms with Gasteiger partial charge in [-0.05, 0) is 37.8 Å². The second-order valence-corrected chi connectivity index (χ2v) is 5.99. The highest BCUT2D eigenvalue weighted by Crippen LogP contribution is 2.23. The van der Waals surface area contributed by atoms with Crippen molar-refractivity contribution in [3.63, 3.8) is 0 Å². The van der Waals surface area contributed by atoms with Gasteiger partial charge in [-0.25, -0.2) is 0 Å². The Morgan fingerprint density at radius 2 is 2.00 bits per heavy atom. The van der Waals surface area contributed by atoms with E-state index in [9.17, 15) is 9.59 Å². The minimum absolute atomic E-state index is 0.0377. The predicted octanol–water partition coefficient (Wildman–Crippen LogP) is 2.42. The topological polar surface area (TPSA) is 58.2 Å². The van der Waals surface area contributed by atoms with Crippen LogP contribution in [0.5, 0.6) is 0 Å². The van der Waals surface area contributed by atoms with Gasteiger partial charge < -0.3 is 10.6 Å². The van der Waals surface area contributed by atoms with E-state index in [-0.39, 0.29) is 24.4 Å². The zero-order valence-corrected chi connectivity index (χ0v) is 12.8. The van der Waals surface area contributed by atoms with Gasteiger partial charge in [0.1, 0.15) is 0 Å². The fraction of sp³-hybridized carbons (Fsp3) is 0.529. The summed E-state index contributed by atoms with van der Waals surface area (Å²) in [5.74, 6) is 0.218. The maximum absolute atomic E-state index is 12.0. The van der Waals surface area contributed by atoms with Crippen molar-refractivity contribution in [2.75, 3.05) is 6.54 Å². The number of carbonyl (C=O) groups excluding carboxylic acids is 2. The molecule has 2 N–H and O–H groups in total. The smallest absolute Gasteiger partial charge is 0.251 e. The van der Waals surface area contributed by atoms with Gasteiger partial charge in [0.15, 0.2) is 0 Å². The molecule has 0 heterocycles. The molecule has 2 atom stereocenters. The number of amides is 2. The largest absolute Gasteiger partial charge is 0.352 e. The van der Waals surface area contributed by atoms with Crippen molar-refractivity contribution in [2.45, 2.75) is 45.6 Å². The highest BCUT2D eigenvalue weighted by atomic mass is 16.2. The Balaban J connectivity index is 1.79. The summed E-state index contributed by atoms with van der Waals surface area (Å²) in [7, 11) is 0. The van der Waals surface area contributed by atoms with E-state index in [4.69, 9.17) is 0 Å². The van der Waals surface area contributed by atoms with E-state index in [1.165, 1.54) is 19.3 Å². The second-order valence-electron chi connectivity index (χ2n) is 5.99. The molecule has 0 bridgehead atoms. The molecule has 0 saturated heterocycles. The number of rotatable bonds is 4. The Morgan fingerprint density at radius 3 is 2.71 bits per heavy atom. The quantitative estimate of drug-likeness (QED) is 0.894. The minimum Gasteiger partial charge on any atom is -0.352 e. The van der Waals surface area contributed by atoms with Crippen LogP contribution in [0.25, 0.3) is 0 Å². The highest BCUT2D eigenvalue weighted by Gasteiger charge is 2.22. The molecular weight excluding hydrogens is 264 g/mol. The van der Waals surface area contributed by atoms with E-state index < -0.39 is 0 Å². The fourth-order valence-electron chi connectivity index (χ4n) is 2.84. The molecule has 0 aromatic heterocycles. The molecule has 0 radical (unpaired) electrons. The number of hydrogen-bond acceptors (Lipinski definition) is 2. The molecule has 1 aliphatic carbocycles. The second kappa shape index (κ2) is 7.25. The van der Waals surface area contributed by atoms with Gasteiger partial charge in [-0.15, -0.1) is 0 Å². The molecule has 0 spiro atoms. The Kier molecular flexibility index (Phi) is 5.37. The first kappa shape index (κ1) is 15.5. The molecule has 1 saturated carbocycles. The lowest BCUT2D eigenvalue weighted by Crippen LogP contribution is -2.45. The third-order valence-corrected chi connectivity index (χ3v) is 4.15. The summed E-state index contributed by atoms with van der Waals surface area (Å²) < 4.78 is 0. The van der Waals surface area contributed by atoms with E-state index in [0.29, 0.717) is 11.5 Å². The molecule has 1 fully saturated rings. The van der Waals surface area contributed by atoms with E-state index >= 15 is 0 Å². The van der Waals surface area contributed by atoms with Crippen molar-refractivity contribution < 1.29 is 9.59 Å². The van der Waals surface area contributed by atoms with Crippen LogP contribution < -0.4 is 10.6 Å². The first-order chi connectivity index (χ1) is 10.1. The first-order valence-electron chi connectivity index (χ1n) is 7.70. The summed E-state index contributed by atoms with van der Waals surface area (Å²) in [6.07, 6.45) is 4.63. The number of carbonyl (C=O) groups is 2. The van der Waals surface area contributed by atoms with E-state index in [1.54, 1.807) is 6.07 Å². The Morgan fingerprint density at radius 1 is 1.24 bits per heavy atom. The van der Waals surface area contributed by atoms with E-state index in [1.807, 2.05) is 25.1 Å². The monoisotopic (exact) mass is 288 g/mol. The van der Waals surface area contributed by atoms with Crippen molar-refractivity contribution in [3.8, 4) is 0 Å². The van der Waals surface area contributed by atoms with Crippen molar-refractivity contribution in [2.24, 2.45) is 5.92 Å². The average Bonchev–Trinajstić information content (AvgIpc) is 2.47. The Labute approximate surface area is 126 Å². The lowest BCUT2D eigenvalue weighted by atomic mass is 9.86. The molecule has 0 aliphatic heterocycles. The van der Waals surface area contributed by atoms with E-state index in [0.717, 1.165) is 12.0 Å². The van der Waals surface area contributed by atoms with Crippen molar-refractivity contribution in [3.05, 3.63) is 35.4 Å². The van der Waals surface area contributed by atoms with Gasteiger partial charge in [-0.3, -0.25) is 9.59 Å². The molecule has 114 valence electrons. The number of benzene rings is 1. The van der Waals surface area contributed by atoms with Gasteiger partial charge in [-0.1, -0.05) is 37.5 Å². The third-order valence-electron chi connectivity index (χ3n) is 4.15. The van der Waals surface area contributed by atoms with Gasteiger partial charge in [0, 0.05) is 11.6 Å². The highest BCUT2D eigenvalue weighted by molar-refractivity contribution is 5.96. The molecule has 4 heteroatoms. The van der Waals surface area contributed by atoms with Gasteiger partial charge in [0.2, 0.25) is 5.91 Å². The molecule has 1 aliphatic rings. The molecule has 4 nitrogen and oxygen atoms in total. The summed E-state index contributed by atoms with van der Waals surface area (Å²) in [6.45, 7) is 4.15. The zero-order valence-electron chi connectivity index (χ0n) is 12.8. The van der Waals surface area contributed by atoms with Crippen LogP contribution in [0.1, 0.15) is 48.5 Å². The van der Waals surface area contributed by atoms with Gasteiger partial charge in [0.25, 0.3) is 5.91 Å². The van der Waals surface area contributed by atoms with Crippen LogP contribution in [0.15, 0.2) is 24.3 Å². The minimum atomic E-state index is -0.203. The fourth-order valence-corrected chi connectivity index (χ4v) is 2.84. The van der Waals surface area contributed by atoms with E-state index in [2.05, 4.69) is 17.6 Å². The molecule has 0 unspecified atom stereocenters. The molecule has 1 aromatic carbocycles. The van der Waals surface area contributed by atoms with Crippen LogP contribution in [0.3, 0.4) is 0 Å². The van der Waals surface area contributed by atoms with Crippen LogP contribution in [-0.2, 0) is 4.79 Å². The maximum Gasteiger partial charge on any atom is 0.251 e. The lowest BCUT2D eigenvalue weighted by Gasteiger charge is -2.29. The molecule has 1 aromatic rings. The molecule has 2 amide bonds. The lowest BCUT2D eigenvalue weighted by molar-refractivity contribution is -0.121. The van der Waals surface area contributed by atoms with Crippen LogP contribution >= 0.6 is 0 Å². The standard InChI is InChI=1S/C17H24N2O2/c1-12-6-5-8-14(10-12)17(21)18-11-16(20)19-15-9-4-3-7-13(15)2/h5-6,8,10,13,15H,3-4,7,9,11H2,1-2H3,(H,18,21)(H,19,20)/t13-,15-/m0/s1. The summed E-state index contributed by atoms with van der Waals surface area (Å²) in [5, 5.41) is 5.71. The van der Waals surface area contributed by atoms with Gasteiger partial charge in [-0.2, -0.15) is 0 Å². The number of aryl methyl sites for hydroxylation is 1. The zero-order chi connectivity index (χ0) is 15.2. The van der Waals surface area contributed by atoms with Gasteiger partial charge >= 0.3 is 0 Å². The Bertz CT molecular complexity index is 513. The van der Waals surface area contributed by atoms with Crippen LogP contribution in [0.4, 0.5) is 0 Å². The van der Waals surface area contributed by atoms with Crippen LogP contribution in [0, 0.1) is 12.8 Å². The summed E-state index contributed by atoms with van der Waals surface area (Å²) in [5.41, 5.74) is 1.62. The SMILES string of the molecule is Cc1cccc(C(=O)NCC(=O)N[C@H]2CCCC[C@@H]2C)c1. The van der Waals surface area contributed by atoms with Gasteiger partial charge in [0.05, 0.1) is 6.54 Å². The molecule has 21 heavy (non-hydrogen) atoms. The molecule has 2 rings (SSSR count). The predicted molar refractivity (Wildman–Crippen MR) is 83.1 cm³/mol. The van der Waals surface area contributed by atoms with Crippen molar-refractivity contribution in [1.29, 1.82) is 0 Å². The van der Waals surface area contributed by atoms with Crippen LogP contribution in [0.2, 0.25) is 0 Å². The normalized spacial score (nSPS) is 21.6. The Hall–Kier alpha value is -1.84. The van der Waals surface area contributed by atoms with Crippen molar-refractivity contribution >= 4 is 11.8 Å². The summed E-state index contributed by atoms with van der Waals surface area (Å²) >= 11 is 0. The summed E-state index contributed by atoms with van der Waals surface area (Å²) in [4.78, 5) is 23.9.